The largest absolute Gasteiger partial charge is 0.313 e. The number of nitrogens with zero attached hydrogens (tertiary/aromatic N) is 1. The highest BCUT2D eigenvalue weighted by Crippen LogP contribution is 2.25. The second-order valence-electron chi connectivity index (χ2n) is 4.97. The van der Waals surface area contributed by atoms with Gasteiger partial charge in [0.1, 0.15) is 5.82 Å². The van der Waals surface area contributed by atoms with Crippen molar-refractivity contribution in [3.63, 3.8) is 0 Å². The summed E-state index contributed by atoms with van der Waals surface area (Å²) in [5.74, 6) is -0.236. The minimum absolute atomic E-state index is 0.236. The Morgan fingerprint density at radius 1 is 1.05 bits per heavy atom. The second-order valence-corrected chi connectivity index (χ2v) is 4.97. The molecule has 0 bridgehead atoms. The summed E-state index contributed by atoms with van der Waals surface area (Å²) in [5.41, 5.74) is 3.64. The molecule has 0 aliphatic heterocycles. The Morgan fingerprint density at radius 2 is 1.90 bits per heavy atom. The molecule has 0 fully saturated rings. The summed E-state index contributed by atoms with van der Waals surface area (Å²) in [5, 5.41) is 4.37. The second kappa shape index (κ2) is 6.02. The molecule has 21 heavy (non-hydrogen) atoms. The Kier molecular flexibility index (Phi) is 3.93. The molecule has 2 nitrogen and oxygen atoms in total. The molecule has 1 N–H and O–H groups in total. The van der Waals surface area contributed by atoms with Crippen LogP contribution in [-0.4, -0.2) is 11.5 Å². The molecule has 106 valence electrons. The van der Waals surface area contributed by atoms with Gasteiger partial charge in [-0.05, 0) is 36.4 Å². The minimum atomic E-state index is -0.236. The van der Waals surface area contributed by atoms with E-state index in [0.29, 0.717) is 6.54 Å². The zero-order valence-corrected chi connectivity index (χ0v) is 11.9. The third-order valence-corrected chi connectivity index (χ3v) is 3.51. The van der Waals surface area contributed by atoms with Gasteiger partial charge in [0.15, 0.2) is 0 Å². The number of halogens is 1. The fourth-order valence-electron chi connectivity index (χ4n) is 2.42. The number of nitrogens with one attached hydrogen (secondary N) is 1. The van der Waals surface area contributed by atoms with Crippen LogP contribution in [0.5, 0.6) is 0 Å². The first-order valence-electron chi connectivity index (χ1n) is 7.13. The van der Waals surface area contributed by atoms with Crippen LogP contribution in [0.2, 0.25) is 0 Å². The summed E-state index contributed by atoms with van der Waals surface area (Å²) in [6, 6.07) is 16.8. The number of fused-ring (bicyclic) bond motifs is 1. The summed E-state index contributed by atoms with van der Waals surface area (Å²) in [6.45, 7) is 3.64. The Hall–Kier alpha value is -2.26. The van der Waals surface area contributed by atoms with Gasteiger partial charge in [-0.1, -0.05) is 37.3 Å². The van der Waals surface area contributed by atoms with Crippen molar-refractivity contribution in [1.29, 1.82) is 0 Å². The average Bonchev–Trinajstić information content (AvgIpc) is 2.53. The van der Waals surface area contributed by atoms with E-state index in [4.69, 9.17) is 0 Å². The highest BCUT2D eigenvalue weighted by Gasteiger charge is 2.08. The number of hydrogen-bond acceptors (Lipinski definition) is 2. The highest BCUT2D eigenvalue weighted by atomic mass is 19.1. The maximum Gasteiger partial charge on any atom is 0.123 e. The maximum absolute atomic E-state index is 13.6. The Labute approximate surface area is 123 Å². The van der Waals surface area contributed by atoms with E-state index in [-0.39, 0.29) is 5.82 Å². The van der Waals surface area contributed by atoms with Crippen molar-refractivity contribution in [2.45, 2.75) is 13.5 Å². The molecular formula is C18H17FN2. The van der Waals surface area contributed by atoms with Crippen molar-refractivity contribution in [3.8, 4) is 11.3 Å². The predicted octanol–water partition coefficient (Wildman–Crippen LogP) is 4.15. The van der Waals surface area contributed by atoms with Crippen molar-refractivity contribution >= 4 is 10.9 Å². The molecule has 3 rings (SSSR count). The third-order valence-electron chi connectivity index (χ3n) is 3.51. The van der Waals surface area contributed by atoms with Crippen LogP contribution < -0.4 is 5.32 Å². The van der Waals surface area contributed by atoms with Crippen molar-refractivity contribution in [2.24, 2.45) is 0 Å². The van der Waals surface area contributed by atoms with Crippen LogP contribution in [0.1, 0.15) is 12.5 Å². The Balaban J connectivity index is 2.09. The molecule has 0 unspecified atom stereocenters. The number of rotatable bonds is 4. The molecule has 0 aliphatic rings. The smallest absolute Gasteiger partial charge is 0.123 e. The fraction of sp³-hybridized carbons (Fsp3) is 0.167. The molecule has 2 aromatic carbocycles. The summed E-state index contributed by atoms with van der Waals surface area (Å²) >= 11 is 0. The van der Waals surface area contributed by atoms with Gasteiger partial charge in [0.25, 0.3) is 0 Å². The van der Waals surface area contributed by atoms with E-state index in [0.717, 1.165) is 34.3 Å². The number of benzene rings is 2. The van der Waals surface area contributed by atoms with E-state index >= 15 is 0 Å². The molecular weight excluding hydrogens is 263 g/mol. The molecule has 0 atom stereocenters. The van der Waals surface area contributed by atoms with E-state index in [1.54, 1.807) is 6.07 Å². The van der Waals surface area contributed by atoms with Gasteiger partial charge in [-0.15, -0.1) is 0 Å². The average molecular weight is 280 g/mol. The zero-order chi connectivity index (χ0) is 14.7. The van der Waals surface area contributed by atoms with Crippen molar-refractivity contribution in [1.82, 2.24) is 10.3 Å². The van der Waals surface area contributed by atoms with Crippen LogP contribution in [0.3, 0.4) is 0 Å². The van der Waals surface area contributed by atoms with Gasteiger partial charge in [-0.3, -0.25) is 0 Å². The van der Waals surface area contributed by atoms with Gasteiger partial charge in [0.05, 0.1) is 11.2 Å². The van der Waals surface area contributed by atoms with Crippen LogP contribution in [0.15, 0.2) is 54.6 Å². The SMILES string of the molecule is CCNCc1ccc(F)cc1-c1ccc2ccccc2n1. The van der Waals surface area contributed by atoms with Crippen LogP contribution in [-0.2, 0) is 6.54 Å². The first kappa shape index (κ1) is 13.7. The lowest BCUT2D eigenvalue weighted by Gasteiger charge is -2.10. The Morgan fingerprint density at radius 3 is 2.76 bits per heavy atom. The first-order valence-corrected chi connectivity index (χ1v) is 7.13. The molecule has 3 heteroatoms. The van der Waals surface area contributed by atoms with Gasteiger partial charge in [-0.2, -0.15) is 0 Å². The Bertz CT molecular complexity index is 768. The monoisotopic (exact) mass is 280 g/mol. The number of aromatic nitrogens is 1. The lowest BCUT2D eigenvalue weighted by molar-refractivity contribution is 0.626. The summed E-state index contributed by atoms with van der Waals surface area (Å²) in [6.07, 6.45) is 0. The standard InChI is InChI=1S/C18H17FN2/c1-2-20-12-14-7-9-15(19)11-16(14)18-10-8-13-5-3-4-6-17(13)21-18/h3-11,20H,2,12H2,1H3. The molecule has 3 aromatic rings. The fourth-order valence-corrected chi connectivity index (χ4v) is 2.42. The molecule has 0 aliphatic carbocycles. The molecule has 0 amide bonds. The zero-order valence-electron chi connectivity index (χ0n) is 11.9. The van der Waals surface area contributed by atoms with Crippen LogP contribution in [0.4, 0.5) is 4.39 Å². The molecule has 0 spiro atoms. The topological polar surface area (TPSA) is 24.9 Å². The lowest BCUT2D eigenvalue weighted by atomic mass is 10.0. The predicted molar refractivity (Wildman–Crippen MR) is 84.5 cm³/mol. The number of pyridine rings is 1. The highest BCUT2D eigenvalue weighted by molar-refractivity contribution is 5.81. The van der Waals surface area contributed by atoms with Crippen molar-refractivity contribution in [2.75, 3.05) is 6.54 Å². The van der Waals surface area contributed by atoms with Gasteiger partial charge >= 0.3 is 0 Å². The van der Waals surface area contributed by atoms with Crippen LogP contribution in [0, 0.1) is 5.82 Å². The van der Waals surface area contributed by atoms with E-state index in [1.165, 1.54) is 6.07 Å². The number of para-hydroxylation sites is 1. The first-order chi connectivity index (χ1) is 10.3. The summed E-state index contributed by atoms with van der Waals surface area (Å²) in [7, 11) is 0. The van der Waals surface area contributed by atoms with Crippen LogP contribution in [0.25, 0.3) is 22.2 Å². The van der Waals surface area contributed by atoms with Crippen LogP contribution >= 0.6 is 0 Å². The quantitative estimate of drug-likeness (QED) is 0.776. The summed E-state index contributed by atoms with van der Waals surface area (Å²) < 4.78 is 13.6. The van der Waals surface area contributed by atoms with Crippen molar-refractivity contribution in [3.05, 3.63) is 66.0 Å². The maximum atomic E-state index is 13.6. The number of hydrogen-bond donors (Lipinski definition) is 1. The van der Waals surface area contributed by atoms with E-state index < -0.39 is 0 Å². The molecule has 1 heterocycles. The third kappa shape index (κ3) is 2.93. The van der Waals surface area contributed by atoms with Gasteiger partial charge in [-0.25, -0.2) is 9.37 Å². The molecule has 0 radical (unpaired) electrons. The molecule has 0 saturated carbocycles. The molecule has 1 aromatic heterocycles. The normalized spacial score (nSPS) is 11.0. The van der Waals surface area contributed by atoms with E-state index in [2.05, 4.69) is 17.2 Å². The molecule has 0 saturated heterocycles. The lowest BCUT2D eigenvalue weighted by Crippen LogP contribution is -2.12. The van der Waals surface area contributed by atoms with Crippen molar-refractivity contribution < 1.29 is 4.39 Å². The van der Waals surface area contributed by atoms with Gasteiger partial charge in [0.2, 0.25) is 0 Å². The summed E-state index contributed by atoms with van der Waals surface area (Å²) in [4.78, 5) is 4.66. The van der Waals surface area contributed by atoms with Gasteiger partial charge in [0, 0.05) is 17.5 Å². The minimum Gasteiger partial charge on any atom is -0.313 e. The van der Waals surface area contributed by atoms with Gasteiger partial charge < -0.3 is 5.32 Å². The van der Waals surface area contributed by atoms with E-state index in [1.807, 2.05) is 42.5 Å². The van der Waals surface area contributed by atoms with E-state index in [9.17, 15) is 4.39 Å².